The van der Waals surface area contributed by atoms with Gasteiger partial charge >= 0.3 is 0 Å². The minimum absolute atomic E-state index is 0.146. The van der Waals surface area contributed by atoms with Gasteiger partial charge in [0.2, 0.25) is 0 Å². The van der Waals surface area contributed by atoms with Crippen molar-refractivity contribution < 1.29 is 4.74 Å². The Labute approximate surface area is 107 Å². The second-order valence-electron chi connectivity index (χ2n) is 5.16. The van der Waals surface area contributed by atoms with Crippen LogP contribution in [0.4, 0.5) is 0 Å². The molecule has 1 aromatic carbocycles. The molecule has 94 valence electrons. The smallest absolute Gasteiger partial charge is 0.145 e. The zero-order valence-electron chi connectivity index (χ0n) is 10.8. The van der Waals surface area contributed by atoms with Gasteiger partial charge in [-0.2, -0.15) is 0 Å². The zero-order valence-corrected chi connectivity index (χ0v) is 10.8. The molecule has 3 rings (SSSR count). The minimum atomic E-state index is 0.146. The summed E-state index contributed by atoms with van der Waals surface area (Å²) in [5.41, 5.74) is 8.58. The van der Waals surface area contributed by atoms with Gasteiger partial charge in [0.15, 0.2) is 0 Å². The van der Waals surface area contributed by atoms with Crippen molar-refractivity contribution in [1.82, 2.24) is 4.98 Å². The van der Waals surface area contributed by atoms with Gasteiger partial charge in [-0.15, -0.1) is 0 Å². The third-order valence-corrected chi connectivity index (χ3v) is 4.15. The third-order valence-electron chi connectivity index (χ3n) is 4.15. The van der Waals surface area contributed by atoms with Gasteiger partial charge in [-0.1, -0.05) is 12.1 Å². The summed E-state index contributed by atoms with van der Waals surface area (Å²) in [6, 6.07) is 8.42. The van der Waals surface area contributed by atoms with Crippen molar-refractivity contribution in [2.45, 2.75) is 31.2 Å². The van der Waals surface area contributed by atoms with Crippen LogP contribution in [0.15, 0.2) is 30.5 Å². The van der Waals surface area contributed by atoms with Crippen LogP contribution in [0.3, 0.4) is 0 Å². The van der Waals surface area contributed by atoms with Crippen molar-refractivity contribution in [3.8, 4) is 5.75 Å². The highest BCUT2D eigenvalue weighted by Crippen LogP contribution is 2.52. The first-order valence-corrected chi connectivity index (χ1v) is 6.37. The Kier molecular flexibility index (Phi) is 2.52. The van der Waals surface area contributed by atoms with Gasteiger partial charge in [0, 0.05) is 23.0 Å². The number of nitrogens with two attached hydrogens (primary N) is 1. The molecule has 0 radical (unpaired) electrons. The van der Waals surface area contributed by atoms with Gasteiger partial charge in [-0.3, -0.25) is 4.98 Å². The van der Waals surface area contributed by atoms with Gasteiger partial charge in [-0.05, 0) is 37.5 Å². The summed E-state index contributed by atoms with van der Waals surface area (Å²) >= 11 is 0. The van der Waals surface area contributed by atoms with E-state index in [0.29, 0.717) is 0 Å². The topological polar surface area (TPSA) is 48.1 Å². The molecule has 1 aliphatic carbocycles. The molecule has 1 aromatic heterocycles. The molecule has 1 aliphatic rings. The van der Waals surface area contributed by atoms with Crippen molar-refractivity contribution in [1.29, 1.82) is 0 Å². The second-order valence-corrected chi connectivity index (χ2v) is 5.16. The summed E-state index contributed by atoms with van der Waals surface area (Å²) in [6.07, 6.45) is 4.14. The highest BCUT2D eigenvalue weighted by Gasteiger charge is 2.48. The van der Waals surface area contributed by atoms with E-state index in [4.69, 9.17) is 10.5 Å². The molecule has 0 amide bonds. The predicted octanol–water partition coefficient (Wildman–Crippen LogP) is 2.62. The normalized spacial score (nSPS) is 18.6. The lowest BCUT2D eigenvalue weighted by Crippen LogP contribution is -2.31. The average molecular weight is 242 g/mol. The molecule has 2 aromatic rings. The molecule has 1 fully saturated rings. The Morgan fingerprint density at radius 3 is 2.72 bits per heavy atom. The first-order valence-electron chi connectivity index (χ1n) is 6.37. The molecule has 1 heterocycles. The number of benzene rings is 1. The lowest BCUT2D eigenvalue weighted by Gasteiger charge is -2.22. The quantitative estimate of drug-likeness (QED) is 0.900. The van der Waals surface area contributed by atoms with Crippen LogP contribution >= 0.6 is 0 Å². The maximum Gasteiger partial charge on any atom is 0.145 e. The summed E-state index contributed by atoms with van der Waals surface area (Å²) < 4.78 is 5.38. The van der Waals surface area contributed by atoms with E-state index < -0.39 is 0 Å². The lowest BCUT2D eigenvalue weighted by atomic mass is 9.86. The molecule has 0 bridgehead atoms. The monoisotopic (exact) mass is 242 g/mol. The van der Waals surface area contributed by atoms with E-state index in [-0.39, 0.29) is 11.5 Å². The van der Waals surface area contributed by atoms with Gasteiger partial charge in [0.05, 0.1) is 7.11 Å². The lowest BCUT2D eigenvalue weighted by molar-refractivity contribution is 0.418. The molecule has 18 heavy (non-hydrogen) atoms. The number of hydrogen-bond acceptors (Lipinski definition) is 3. The number of rotatable bonds is 3. The van der Waals surface area contributed by atoms with Crippen molar-refractivity contribution in [2.75, 3.05) is 7.11 Å². The summed E-state index contributed by atoms with van der Waals surface area (Å²) in [5, 5.41) is 1.17. The van der Waals surface area contributed by atoms with Crippen LogP contribution in [0.2, 0.25) is 0 Å². The highest BCUT2D eigenvalue weighted by atomic mass is 16.5. The van der Waals surface area contributed by atoms with Gasteiger partial charge in [0.25, 0.3) is 0 Å². The molecular weight excluding hydrogens is 224 g/mol. The second kappa shape index (κ2) is 3.95. The van der Waals surface area contributed by atoms with Gasteiger partial charge in [0.1, 0.15) is 11.3 Å². The molecule has 0 saturated heterocycles. The number of nitrogens with zero attached hydrogens (tertiary/aromatic N) is 1. The van der Waals surface area contributed by atoms with E-state index in [9.17, 15) is 0 Å². The van der Waals surface area contributed by atoms with Crippen molar-refractivity contribution in [2.24, 2.45) is 5.73 Å². The van der Waals surface area contributed by atoms with Crippen LogP contribution in [-0.2, 0) is 5.41 Å². The molecule has 3 heteroatoms. The molecule has 2 N–H and O–H groups in total. The van der Waals surface area contributed by atoms with Crippen molar-refractivity contribution >= 4 is 10.9 Å². The van der Waals surface area contributed by atoms with Crippen LogP contribution in [-0.4, -0.2) is 18.1 Å². The molecule has 0 spiro atoms. The fourth-order valence-corrected chi connectivity index (χ4v) is 2.85. The average Bonchev–Trinajstić information content (AvgIpc) is 3.19. The van der Waals surface area contributed by atoms with E-state index in [1.165, 1.54) is 23.8 Å². The summed E-state index contributed by atoms with van der Waals surface area (Å²) in [7, 11) is 1.68. The summed E-state index contributed by atoms with van der Waals surface area (Å²) in [4.78, 5) is 4.45. The van der Waals surface area contributed by atoms with Crippen LogP contribution in [0.1, 0.15) is 25.3 Å². The number of pyridine rings is 1. The zero-order chi connectivity index (χ0) is 12.8. The molecule has 3 nitrogen and oxygen atoms in total. The number of fused-ring (bicyclic) bond motifs is 1. The van der Waals surface area contributed by atoms with E-state index in [2.05, 4.69) is 24.0 Å². The Balaban J connectivity index is 2.26. The third kappa shape index (κ3) is 1.51. The van der Waals surface area contributed by atoms with E-state index in [1.807, 2.05) is 12.1 Å². The maximum atomic E-state index is 6.17. The fourth-order valence-electron chi connectivity index (χ4n) is 2.85. The summed E-state index contributed by atoms with van der Waals surface area (Å²) in [5.74, 6) is 0.829. The Hall–Kier alpha value is -1.61. The van der Waals surface area contributed by atoms with Crippen LogP contribution < -0.4 is 10.5 Å². The number of hydrogen-bond donors (Lipinski definition) is 1. The first kappa shape index (κ1) is 11.5. The Bertz CT molecular complexity index is 588. The standard InChI is InChI=1S/C15H18N2O/c1-10(16)15(7-8-15)12-5-6-13(18-2)14-11(12)4-3-9-17-14/h3-6,9-10H,7-8,16H2,1-2H3. The Morgan fingerprint density at radius 1 is 1.33 bits per heavy atom. The SMILES string of the molecule is COc1ccc(C2(C(C)N)CC2)c2cccnc12. The van der Waals surface area contributed by atoms with E-state index in [0.717, 1.165) is 11.3 Å². The van der Waals surface area contributed by atoms with Gasteiger partial charge in [-0.25, -0.2) is 0 Å². The van der Waals surface area contributed by atoms with E-state index >= 15 is 0 Å². The number of aromatic nitrogens is 1. The van der Waals surface area contributed by atoms with Crippen LogP contribution in [0.5, 0.6) is 5.75 Å². The molecule has 1 saturated carbocycles. The van der Waals surface area contributed by atoms with Crippen LogP contribution in [0, 0.1) is 0 Å². The van der Waals surface area contributed by atoms with Gasteiger partial charge < -0.3 is 10.5 Å². The van der Waals surface area contributed by atoms with E-state index in [1.54, 1.807) is 13.3 Å². The molecule has 1 unspecified atom stereocenters. The first-order chi connectivity index (χ1) is 8.69. The van der Waals surface area contributed by atoms with Crippen molar-refractivity contribution in [3.63, 3.8) is 0 Å². The van der Waals surface area contributed by atoms with Crippen molar-refractivity contribution in [3.05, 3.63) is 36.0 Å². The summed E-state index contributed by atoms with van der Waals surface area (Å²) in [6.45, 7) is 2.10. The fraction of sp³-hybridized carbons (Fsp3) is 0.400. The largest absolute Gasteiger partial charge is 0.494 e. The Morgan fingerprint density at radius 2 is 2.11 bits per heavy atom. The minimum Gasteiger partial charge on any atom is -0.494 e. The van der Waals surface area contributed by atoms with Crippen LogP contribution in [0.25, 0.3) is 10.9 Å². The number of methoxy groups -OCH3 is 1. The highest BCUT2D eigenvalue weighted by molar-refractivity contribution is 5.88. The molecular formula is C15H18N2O. The maximum absolute atomic E-state index is 6.17. The predicted molar refractivity (Wildman–Crippen MR) is 72.9 cm³/mol. The molecule has 1 atom stereocenters. The molecule has 0 aliphatic heterocycles. The number of ether oxygens (including phenoxy) is 1.